The molecule has 0 spiro atoms. The van der Waals surface area contributed by atoms with Crippen LogP contribution in [0.4, 0.5) is 18.0 Å². The van der Waals surface area contributed by atoms with Crippen LogP contribution in [0.5, 0.6) is 0 Å². The lowest BCUT2D eigenvalue weighted by molar-refractivity contribution is -0.137. The zero-order valence-electron chi connectivity index (χ0n) is 12.5. The lowest BCUT2D eigenvalue weighted by Gasteiger charge is -2.29. The van der Waals surface area contributed by atoms with Gasteiger partial charge < -0.3 is 10.6 Å². The van der Waals surface area contributed by atoms with Crippen LogP contribution in [0.25, 0.3) is 0 Å². The van der Waals surface area contributed by atoms with Crippen LogP contribution in [0.3, 0.4) is 0 Å². The average molecular weight is 314 g/mol. The van der Waals surface area contributed by atoms with E-state index in [0.29, 0.717) is 11.5 Å². The van der Waals surface area contributed by atoms with E-state index >= 15 is 0 Å². The van der Waals surface area contributed by atoms with Crippen molar-refractivity contribution >= 4 is 6.03 Å². The zero-order valence-corrected chi connectivity index (χ0v) is 12.5. The average Bonchev–Trinajstić information content (AvgIpc) is 2.47. The molecular formula is C16H21F3N2O. The highest BCUT2D eigenvalue weighted by molar-refractivity contribution is 5.74. The van der Waals surface area contributed by atoms with Crippen molar-refractivity contribution in [1.82, 2.24) is 10.6 Å². The molecule has 0 unspecified atom stereocenters. The monoisotopic (exact) mass is 314 g/mol. The largest absolute Gasteiger partial charge is 0.416 e. The minimum Gasteiger partial charge on any atom is -0.335 e. The zero-order chi connectivity index (χ0) is 16.2. The summed E-state index contributed by atoms with van der Waals surface area (Å²) in [7, 11) is 0. The second-order valence-electron chi connectivity index (χ2n) is 5.89. The summed E-state index contributed by atoms with van der Waals surface area (Å²) < 4.78 is 37.9. The number of carbonyl (C=O) groups is 1. The summed E-state index contributed by atoms with van der Waals surface area (Å²) in [6, 6.07) is 4.82. The van der Waals surface area contributed by atoms with Crippen molar-refractivity contribution in [3.63, 3.8) is 0 Å². The summed E-state index contributed by atoms with van der Waals surface area (Å²) >= 11 is 0. The predicted octanol–water partition coefficient (Wildman–Crippen LogP) is 4.08. The minimum atomic E-state index is -4.37. The fourth-order valence-electron chi connectivity index (χ4n) is 2.79. The summed E-state index contributed by atoms with van der Waals surface area (Å²) in [6.45, 7) is 2.19. The van der Waals surface area contributed by atoms with Crippen molar-refractivity contribution in [2.24, 2.45) is 5.92 Å². The normalized spacial score (nSPS) is 22.2. The number of hydrogen-bond donors (Lipinski definition) is 2. The van der Waals surface area contributed by atoms with E-state index in [1.165, 1.54) is 12.5 Å². The molecule has 2 rings (SSSR count). The van der Waals surface area contributed by atoms with Gasteiger partial charge in [0.25, 0.3) is 0 Å². The van der Waals surface area contributed by atoms with E-state index in [9.17, 15) is 18.0 Å². The van der Waals surface area contributed by atoms with Gasteiger partial charge in [0.1, 0.15) is 0 Å². The number of carbonyl (C=O) groups excluding carboxylic acids is 1. The lowest BCUT2D eigenvalue weighted by atomic mass is 9.86. The van der Waals surface area contributed by atoms with Gasteiger partial charge in [-0.15, -0.1) is 0 Å². The topological polar surface area (TPSA) is 41.1 Å². The molecule has 0 heterocycles. The Morgan fingerprint density at radius 1 is 1.27 bits per heavy atom. The summed E-state index contributed by atoms with van der Waals surface area (Å²) in [5.41, 5.74) is -0.269. The Morgan fingerprint density at radius 3 is 2.68 bits per heavy atom. The van der Waals surface area contributed by atoms with Crippen molar-refractivity contribution in [3.05, 3.63) is 35.4 Å². The number of benzene rings is 1. The first-order valence-corrected chi connectivity index (χ1v) is 7.57. The van der Waals surface area contributed by atoms with E-state index in [4.69, 9.17) is 0 Å². The van der Waals surface area contributed by atoms with Crippen molar-refractivity contribution in [2.45, 2.75) is 51.4 Å². The number of amides is 2. The van der Waals surface area contributed by atoms with Crippen LogP contribution >= 0.6 is 0 Å². The molecule has 1 saturated carbocycles. The van der Waals surface area contributed by atoms with E-state index in [-0.39, 0.29) is 18.6 Å². The van der Waals surface area contributed by atoms with Crippen LogP contribution in [-0.4, -0.2) is 12.1 Å². The van der Waals surface area contributed by atoms with Gasteiger partial charge in [-0.2, -0.15) is 13.2 Å². The molecule has 1 aliphatic carbocycles. The molecule has 0 aliphatic heterocycles. The third-order valence-electron chi connectivity index (χ3n) is 4.14. The Hall–Kier alpha value is -1.72. The molecule has 122 valence electrons. The van der Waals surface area contributed by atoms with Gasteiger partial charge in [0.05, 0.1) is 5.56 Å². The molecule has 22 heavy (non-hydrogen) atoms. The fourth-order valence-corrected chi connectivity index (χ4v) is 2.79. The summed E-state index contributed by atoms with van der Waals surface area (Å²) in [4.78, 5) is 11.9. The maximum absolute atomic E-state index is 12.6. The third-order valence-corrected chi connectivity index (χ3v) is 4.14. The molecule has 0 radical (unpaired) electrons. The third kappa shape index (κ3) is 4.64. The van der Waals surface area contributed by atoms with Gasteiger partial charge in [0.2, 0.25) is 0 Å². The van der Waals surface area contributed by atoms with E-state index in [0.717, 1.165) is 31.4 Å². The summed E-state index contributed by atoms with van der Waals surface area (Å²) in [5, 5.41) is 5.54. The number of urea groups is 1. The Balaban J connectivity index is 1.86. The van der Waals surface area contributed by atoms with Gasteiger partial charge in [-0.25, -0.2) is 4.79 Å². The quantitative estimate of drug-likeness (QED) is 0.867. The van der Waals surface area contributed by atoms with Gasteiger partial charge in [0, 0.05) is 12.6 Å². The first-order valence-electron chi connectivity index (χ1n) is 7.57. The van der Waals surface area contributed by atoms with Gasteiger partial charge in [-0.05, 0) is 36.5 Å². The molecule has 3 nitrogen and oxygen atoms in total. The number of nitrogens with one attached hydrogen (secondary N) is 2. The maximum Gasteiger partial charge on any atom is 0.416 e. The van der Waals surface area contributed by atoms with Crippen molar-refractivity contribution in [2.75, 3.05) is 0 Å². The smallest absolute Gasteiger partial charge is 0.335 e. The SMILES string of the molecule is C[C@@H]1CCCC[C@@H]1NC(=O)NCc1cccc(C(F)(F)F)c1. The maximum atomic E-state index is 12.6. The standard InChI is InChI=1S/C16H21F3N2O/c1-11-5-2-3-8-14(11)21-15(22)20-10-12-6-4-7-13(9-12)16(17,18)19/h4,6-7,9,11,14H,2-3,5,8,10H2,1H3,(H2,20,21,22)/t11-,14+/m1/s1. The van der Waals surface area contributed by atoms with Crippen LogP contribution in [-0.2, 0) is 12.7 Å². The van der Waals surface area contributed by atoms with Crippen molar-refractivity contribution < 1.29 is 18.0 Å². The number of alkyl halides is 3. The summed E-state index contributed by atoms with van der Waals surface area (Å²) in [5.74, 6) is 0.438. The van der Waals surface area contributed by atoms with Crippen molar-refractivity contribution in [1.29, 1.82) is 0 Å². The van der Waals surface area contributed by atoms with Gasteiger partial charge in [-0.1, -0.05) is 31.9 Å². The highest BCUT2D eigenvalue weighted by atomic mass is 19.4. The lowest BCUT2D eigenvalue weighted by Crippen LogP contribution is -2.45. The molecule has 2 atom stereocenters. The molecule has 2 amide bonds. The minimum absolute atomic E-state index is 0.0802. The number of rotatable bonds is 3. The second kappa shape index (κ2) is 7.03. The molecule has 2 N–H and O–H groups in total. The number of hydrogen-bond acceptors (Lipinski definition) is 1. The van der Waals surface area contributed by atoms with Crippen LogP contribution in [0.2, 0.25) is 0 Å². The molecular weight excluding hydrogens is 293 g/mol. The first-order chi connectivity index (χ1) is 10.4. The fraction of sp³-hybridized carbons (Fsp3) is 0.562. The predicted molar refractivity (Wildman–Crippen MR) is 78.2 cm³/mol. The molecule has 1 fully saturated rings. The Labute approximate surface area is 128 Å². The molecule has 1 aliphatic rings. The molecule has 6 heteroatoms. The molecule has 0 saturated heterocycles. The van der Waals surface area contributed by atoms with E-state index in [1.54, 1.807) is 6.07 Å². The van der Waals surface area contributed by atoms with Crippen molar-refractivity contribution in [3.8, 4) is 0 Å². The Morgan fingerprint density at radius 2 is 2.00 bits per heavy atom. The highest BCUT2D eigenvalue weighted by Gasteiger charge is 2.30. The van der Waals surface area contributed by atoms with Crippen LogP contribution < -0.4 is 10.6 Å². The number of halogens is 3. The summed E-state index contributed by atoms with van der Waals surface area (Å²) in [6.07, 6.45) is -0.0271. The Kier molecular flexibility index (Phi) is 5.32. The van der Waals surface area contributed by atoms with Gasteiger partial charge in [0.15, 0.2) is 0 Å². The van der Waals surface area contributed by atoms with E-state index in [1.807, 2.05) is 0 Å². The molecule has 1 aromatic rings. The van der Waals surface area contributed by atoms with Crippen LogP contribution in [0, 0.1) is 5.92 Å². The van der Waals surface area contributed by atoms with E-state index in [2.05, 4.69) is 17.6 Å². The first kappa shape index (κ1) is 16.6. The van der Waals surface area contributed by atoms with E-state index < -0.39 is 11.7 Å². The second-order valence-corrected chi connectivity index (χ2v) is 5.89. The van der Waals surface area contributed by atoms with Crippen LogP contribution in [0.1, 0.15) is 43.7 Å². The van der Waals surface area contributed by atoms with Gasteiger partial charge in [-0.3, -0.25) is 0 Å². The van der Waals surface area contributed by atoms with Crippen LogP contribution in [0.15, 0.2) is 24.3 Å². The Bertz CT molecular complexity index is 516. The van der Waals surface area contributed by atoms with Gasteiger partial charge >= 0.3 is 12.2 Å². The molecule has 1 aromatic carbocycles. The molecule has 0 bridgehead atoms. The molecule has 0 aromatic heterocycles. The highest BCUT2D eigenvalue weighted by Crippen LogP contribution is 2.29.